The quantitative estimate of drug-likeness (QED) is 0.103. The van der Waals surface area contributed by atoms with Gasteiger partial charge >= 0.3 is 11.9 Å². The van der Waals surface area contributed by atoms with Crippen molar-refractivity contribution in [3.05, 3.63) is 84.2 Å². The number of hydrogen-bond acceptors (Lipinski definition) is 8. The minimum absolute atomic E-state index is 0.310. The molecule has 2 aromatic carbocycles. The summed E-state index contributed by atoms with van der Waals surface area (Å²) in [7, 11) is 0. The van der Waals surface area contributed by atoms with Crippen LogP contribution >= 0.6 is 0 Å². The predicted octanol–water partition coefficient (Wildman–Crippen LogP) is 5.43. The summed E-state index contributed by atoms with van der Waals surface area (Å²) in [4.78, 5) is 23.1. The van der Waals surface area contributed by atoms with Gasteiger partial charge in [0, 0.05) is 11.1 Å². The Balaban J connectivity index is 1.64. The number of rotatable bonds is 15. The number of allylic oxidation sites excluding steroid dienone is 1. The molecule has 0 saturated heterocycles. The molecule has 0 atom stereocenters. The molecule has 0 aromatic heterocycles. The van der Waals surface area contributed by atoms with Crippen molar-refractivity contribution in [2.45, 2.75) is 27.7 Å². The maximum atomic E-state index is 11.6. The van der Waals surface area contributed by atoms with Gasteiger partial charge in [-0.3, -0.25) is 0 Å². The molecule has 2 aromatic rings. The van der Waals surface area contributed by atoms with E-state index in [0.717, 1.165) is 11.3 Å². The van der Waals surface area contributed by atoms with Crippen molar-refractivity contribution in [1.82, 2.24) is 0 Å². The van der Waals surface area contributed by atoms with Crippen molar-refractivity contribution in [2.24, 2.45) is 0 Å². The Kier molecular flexibility index (Phi) is 12.0. The molecule has 0 aliphatic rings. The lowest BCUT2D eigenvalue weighted by atomic mass is 10.3. The van der Waals surface area contributed by atoms with Gasteiger partial charge in [0.15, 0.2) is 0 Å². The summed E-state index contributed by atoms with van der Waals surface area (Å²) >= 11 is 0. The lowest BCUT2D eigenvalue weighted by Gasteiger charge is -2.14. The van der Waals surface area contributed by atoms with Gasteiger partial charge in [-0.1, -0.05) is 13.2 Å². The molecule has 37 heavy (non-hydrogen) atoms. The van der Waals surface area contributed by atoms with E-state index in [2.05, 4.69) is 13.2 Å². The molecule has 0 unspecified atom stereocenters. The molecule has 198 valence electrons. The van der Waals surface area contributed by atoms with Crippen LogP contribution in [0.25, 0.3) is 0 Å². The fourth-order valence-corrected chi connectivity index (χ4v) is 2.63. The highest BCUT2D eigenvalue weighted by molar-refractivity contribution is 5.89. The first-order valence-electron chi connectivity index (χ1n) is 11.7. The first kappa shape index (κ1) is 29.2. The maximum absolute atomic E-state index is 11.6. The summed E-state index contributed by atoms with van der Waals surface area (Å²) < 4.78 is 33.1. The fourth-order valence-electron chi connectivity index (χ4n) is 2.63. The summed E-state index contributed by atoms with van der Waals surface area (Å²) in [6.07, 6.45) is 0. The molecule has 0 spiro atoms. The molecule has 0 N–H and O–H groups in total. The van der Waals surface area contributed by atoms with Crippen LogP contribution in [0.3, 0.4) is 0 Å². The van der Waals surface area contributed by atoms with E-state index in [9.17, 15) is 9.59 Å². The van der Waals surface area contributed by atoms with Gasteiger partial charge in [0.2, 0.25) is 0 Å². The van der Waals surface area contributed by atoms with Gasteiger partial charge in [0.1, 0.15) is 55.2 Å². The zero-order chi connectivity index (χ0) is 27.2. The van der Waals surface area contributed by atoms with Crippen LogP contribution < -0.4 is 18.9 Å². The fraction of sp³-hybridized carbons (Fsp3) is 0.310. The Morgan fingerprint density at radius 3 is 1.43 bits per heavy atom. The van der Waals surface area contributed by atoms with Crippen molar-refractivity contribution in [3.63, 3.8) is 0 Å². The summed E-state index contributed by atoms with van der Waals surface area (Å²) in [5.41, 5.74) is 1.67. The highest BCUT2D eigenvalue weighted by atomic mass is 16.6. The van der Waals surface area contributed by atoms with Crippen LogP contribution in [-0.4, -0.2) is 45.0 Å². The zero-order valence-electron chi connectivity index (χ0n) is 21.8. The minimum atomic E-state index is -0.470. The van der Waals surface area contributed by atoms with Crippen LogP contribution in [-0.2, 0) is 19.1 Å². The monoisotopic (exact) mass is 510 g/mol. The van der Waals surface area contributed by atoms with E-state index in [-0.39, 0.29) is 0 Å². The molecule has 0 saturated carbocycles. The maximum Gasteiger partial charge on any atom is 0.338 e. The molecule has 0 heterocycles. The molecule has 0 radical (unpaired) electrons. The molecule has 8 nitrogen and oxygen atoms in total. The highest BCUT2D eigenvalue weighted by Crippen LogP contribution is 2.19. The topological polar surface area (TPSA) is 89.5 Å². The second kappa shape index (κ2) is 15.2. The van der Waals surface area contributed by atoms with Gasteiger partial charge in [0.05, 0.1) is 6.61 Å². The molecule has 0 aliphatic heterocycles. The standard InChI is InChI=1S/C29H34O8/c1-20(2)27(35-18-17-34-24-9-13-26(14-10-24)37-29(31)22(5)6)19-32-15-16-33-23-7-11-25(12-8-23)36-28(30)21(3)4/h7-14H,3,5,15-19H2,1-2,4,6H3. The largest absolute Gasteiger partial charge is 0.492 e. The number of carbonyl (C=O) groups is 2. The molecule has 0 bridgehead atoms. The number of esters is 2. The highest BCUT2D eigenvalue weighted by Gasteiger charge is 2.07. The summed E-state index contributed by atoms with van der Waals surface area (Å²) in [6, 6.07) is 13.5. The van der Waals surface area contributed by atoms with Gasteiger partial charge in [-0.25, -0.2) is 9.59 Å². The van der Waals surface area contributed by atoms with Gasteiger partial charge in [-0.05, 0) is 81.8 Å². The van der Waals surface area contributed by atoms with Crippen LogP contribution in [0.4, 0.5) is 0 Å². The van der Waals surface area contributed by atoms with Crippen molar-refractivity contribution >= 4 is 11.9 Å². The van der Waals surface area contributed by atoms with Gasteiger partial charge < -0.3 is 28.4 Å². The number of ether oxygens (including phenoxy) is 6. The summed E-state index contributed by atoms with van der Waals surface area (Å²) in [5, 5.41) is 0. The molecular formula is C29H34O8. The van der Waals surface area contributed by atoms with E-state index < -0.39 is 11.9 Å². The van der Waals surface area contributed by atoms with E-state index in [1.807, 2.05) is 13.8 Å². The average molecular weight is 511 g/mol. The smallest absolute Gasteiger partial charge is 0.338 e. The van der Waals surface area contributed by atoms with Crippen molar-refractivity contribution in [1.29, 1.82) is 0 Å². The van der Waals surface area contributed by atoms with E-state index in [1.165, 1.54) is 0 Å². The molecule has 8 heteroatoms. The van der Waals surface area contributed by atoms with Crippen LogP contribution in [0.15, 0.2) is 84.2 Å². The van der Waals surface area contributed by atoms with E-state index in [0.29, 0.717) is 67.2 Å². The van der Waals surface area contributed by atoms with E-state index in [1.54, 1.807) is 62.4 Å². The van der Waals surface area contributed by atoms with Crippen LogP contribution in [0.5, 0.6) is 23.0 Å². The Labute approximate surface area is 218 Å². The van der Waals surface area contributed by atoms with Crippen molar-refractivity contribution < 1.29 is 38.0 Å². The normalized spacial score (nSPS) is 10.2. The Bertz CT molecular complexity index is 1090. The van der Waals surface area contributed by atoms with Gasteiger partial charge in [0.25, 0.3) is 0 Å². The first-order valence-corrected chi connectivity index (χ1v) is 11.7. The Morgan fingerprint density at radius 2 is 1.03 bits per heavy atom. The predicted molar refractivity (Wildman–Crippen MR) is 140 cm³/mol. The molecular weight excluding hydrogens is 476 g/mol. The lowest BCUT2D eigenvalue weighted by molar-refractivity contribution is -0.130. The van der Waals surface area contributed by atoms with Gasteiger partial charge in [-0.15, -0.1) is 0 Å². The lowest BCUT2D eigenvalue weighted by Crippen LogP contribution is -2.13. The first-order chi connectivity index (χ1) is 17.7. The van der Waals surface area contributed by atoms with Crippen LogP contribution in [0.1, 0.15) is 27.7 Å². The number of benzene rings is 2. The molecule has 0 amide bonds. The zero-order valence-corrected chi connectivity index (χ0v) is 21.8. The number of hydrogen-bond donors (Lipinski definition) is 0. The van der Waals surface area contributed by atoms with Crippen LogP contribution in [0, 0.1) is 0 Å². The third-order valence-electron chi connectivity index (χ3n) is 4.68. The van der Waals surface area contributed by atoms with E-state index in [4.69, 9.17) is 28.4 Å². The molecule has 0 aliphatic carbocycles. The third kappa shape index (κ3) is 11.0. The second-order valence-electron chi connectivity index (χ2n) is 8.30. The Morgan fingerprint density at radius 1 is 0.622 bits per heavy atom. The minimum Gasteiger partial charge on any atom is -0.492 e. The summed E-state index contributed by atoms with van der Waals surface area (Å²) in [5.74, 6) is 1.91. The summed E-state index contributed by atoms with van der Waals surface area (Å²) in [6.45, 7) is 15.9. The molecule has 0 fully saturated rings. The van der Waals surface area contributed by atoms with Crippen molar-refractivity contribution in [3.8, 4) is 23.0 Å². The molecule has 2 rings (SSSR count). The van der Waals surface area contributed by atoms with Crippen LogP contribution in [0.2, 0.25) is 0 Å². The average Bonchev–Trinajstić information content (AvgIpc) is 2.86. The second-order valence-corrected chi connectivity index (χ2v) is 8.30. The number of carbonyl (C=O) groups excluding carboxylic acids is 2. The van der Waals surface area contributed by atoms with E-state index >= 15 is 0 Å². The third-order valence-corrected chi connectivity index (χ3v) is 4.68. The Hall–Kier alpha value is -4.04. The van der Waals surface area contributed by atoms with Crippen molar-refractivity contribution in [2.75, 3.05) is 33.0 Å². The SMILES string of the molecule is C=C(C)C(=O)Oc1ccc(OCCOCC(OCCOc2ccc(OC(=O)C(=C)C)cc2)=C(C)C)cc1. The van der Waals surface area contributed by atoms with Gasteiger partial charge in [-0.2, -0.15) is 0 Å².